The number of nitro benzene ring substituents is 2. The zero-order valence-electron chi connectivity index (χ0n) is 14.2. The van der Waals surface area contributed by atoms with Gasteiger partial charge in [0.1, 0.15) is 17.1 Å². The van der Waals surface area contributed by atoms with Crippen molar-refractivity contribution in [3.8, 4) is 0 Å². The average molecular weight is 362 g/mol. The summed E-state index contributed by atoms with van der Waals surface area (Å²) in [5.41, 5.74) is 1.51. The number of nitrogens with zero attached hydrogens (tertiary/aromatic N) is 6. The molecular formula is C15H18N6O5. The van der Waals surface area contributed by atoms with E-state index in [2.05, 4.69) is 19.8 Å². The number of piperazine rings is 1. The minimum absolute atomic E-state index is 0.239. The smallest absolute Gasteiger partial charge is 0.299 e. The monoisotopic (exact) mass is 362 g/mol. The van der Waals surface area contributed by atoms with Crippen molar-refractivity contribution in [3.63, 3.8) is 0 Å². The van der Waals surface area contributed by atoms with Crippen LogP contribution in [0.25, 0.3) is 0 Å². The first-order chi connectivity index (χ1) is 12.5. The summed E-state index contributed by atoms with van der Waals surface area (Å²) >= 11 is 0. The molecule has 2 heterocycles. The molecule has 0 radical (unpaired) electrons. The highest BCUT2D eigenvalue weighted by atomic mass is 16.6. The second-order valence-electron chi connectivity index (χ2n) is 6.06. The minimum atomic E-state index is -0.629. The fourth-order valence-electron chi connectivity index (χ4n) is 2.99. The number of non-ortho nitro benzene ring substituents is 1. The highest BCUT2D eigenvalue weighted by Crippen LogP contribution is 2.32. The quantitative estimate of drug-likeness (QED) is 0.554. The van der Waals surface area contributed by atoms with E-state index in [4.69, 9.17) is 0 Å². The summed E-state index contributed by atoms with van der Waals surface area (Å²) in [5.74, 6) is 0. The molecule has 2 aromatic rings. The van der Waals surface area contributed by atoms with E-state index in [-0.39, 0.29) is 11.4 Å². The molecule has 138 valence electrons. The Morgan fingerprint density at radius 1 is 1.12 bits per heavy atom. The molecule has 0 amide bonds. The zero-order chi connectivity index (χ0) is 18.7. The molecule has 0 spiro atoms. The number of aromatic nitrogens is 2. The predicted molar refractivity (Wildman–Crippen MR) is 91.1 cm³/mol. The SMILES string of the molecule is Cc1nonc1CCN1CCN(c2ccc([N+](=O)[O-])cc2[N+](=O)[O-])CC1. The van der Waals surface area contributed by atoms with Gasteiger partial charge in [-0.15, -0.1) is 0 Å². The van der Waals surface area contributed by atoms with Crippen molar-refractivity contribution < 1.29 is 14.5 Å². The Morgan fingerprint density at radius 2 is 1.85 bits per heavy atom. The average Bonchev–Trinajstić information content (AvgIpc) is 3.04. The van der Waals surface area contributed by atoms with Crippen molar-refractivity contribution >= 4 is 17.1 Å². The van der Waals surface area contributed by atoms with E-state index in [1.807, 2.05) is 11.8 Å². The van der Waals surface area contributed by atoms with Crippen LogP contribution in [0.1, 0.15) is 11.4 Å². The molecule has 1 saturated heterocycles. The van der Waals surface area contributed by atoms with Gasteiger partial charge in [0, 0.05) is 45.2 Å². The minimum Gasteiger partial charge on any atom is -0.363 e. The third-order valence-electron chi connectivity index (χ3n) is 4.49. The molecule has 0 aliphatic carbocycles. The molecule has 0 atom stereocenters. The Labute approximate surface area is 148 Å². The molecule has 11 heteroatoms. The van der Waals surface area contributed by atoms with Gasteiger partial charge in [0.05, 0.1) is 15.9 Å². The van der Waals surface area contributed by atoms with Crippen molar-refractivity contribution in [2.24, 2.45) is 0 Å². The lowest BCUT2D eigenvalue weighted by Crippen LogP contribution is -2.47. The van der Waals surface area contributed by atoms with Gasteiger partial charge in [-0.1, -0.05) is 10.3 Å². The fourth-order valence-corrected chi connectivity index (χ4v) is 2.99. The van der Waals surface area contributed by atoms with Crippen molar-refractivity contribution in [1.29, 1.82) is 0 Å². The lowest BCUT2D eigenvalue weighted by Gasteiger charge is -2.35. The first-order valence-electron chi connectivity index (χ1n) is 8.14. The second kappa shape index (κ2) is 7.44. The van der Waals surface area contributed by atoms with E-state index < -0.39 is 9.85 Å². The van der Waals surface area contributed by atoms with E-state index in [1.54, 1.807) is 0 Å². The third-order valence-corrected chi connectivity index (χ3v) is 4.49. The van der Waals surface area contributed by atoms with Crippen LogP contribution in [-0.2, 0) is 6.42 Å². The van der Waals surface area contributed by atoms with Crippen LogP contribution in [0.15, 0.2) is 22.8 Å². The predicted octanol–water partition coefficient (Wildman–Crippen LogP) is 1.56. The molecule has 1 aromatic heterocycles. The summed E-state index contributed by atoms with van der Waals surface area (Å²) in [5, 5.41) is 29.8. The first kappa shape index (κ1) is 17.7. The Hall–Kier alpha value is -3.08. The third kappa shape index (κ3) is 3.77. The first-order valence-corrected chi connectivity index (χ1v) is 8.14. The molecule has 11 nitrogen and oxygen atoms in total. The van der Waals surface area contributed by atoms with E-state index in [0.29, 0.717) is 18.8 Å². The van der Waals surface area contributed by atoms with Gasteiger partial charge in [-0.2, -0.15) is 0 Å². The van der Waals surface area contributed by atoms with Crippen LogP contribution in [0.2, 0.25) is 0 Å². The Balaban J connectivity index is 1.63. The van der Waals surface area contributed by atoms with Crippen LogP contribution in [0.4, 0.5) is 17.1 Å². The molecule has 26 heavy (non-hydrogen) atoms. The number of hydrogen-bond acceptors (Lipinski definition) is 9. The van der Waals surface area contributed by atoms with Gasteiger partial charge in [0.15, 0.2) is 0 Å². The molecule has 0 saturated carbocycles. The number of aryl methyl sites for hydroxylation is 1. The van der Waals surface area contributed by atoms with E-state index in [9.17, 15) is 20.2 Å². The summed E-state index contributed by atoms with van der Waals surface area (Å²) in [4.78, 5) is 25.1. The van der Waals surface area contributed by atoms with Gasteiger partial charge >= 0.3 is 0 Å². The maximum Gasteiger partial charge on any atom is 0.299 e. The topological polar surface area (TPSA) is 132 Å². The van der Waals surface area contributed by atoms with Crippen molar-refractivity contribution in [1.82, 2.24) is 15.2 Å². The van der Waals surface area contributed by atoms with Gasteiger partial charge in [-0.25, -0.2) is 4.63 Å². The Kier molecular flexibility index (Phi) is 5.07. The number of hydrogen-bond donors (Lipinski definition) is 0. The van der Waals surface area contributed by atoms with Gasteiger partial charge < -0.3 is 4.90 Å². The lowest BCUT2D eigenvalue weighted by atomic mass is 10.2. The van der Waals surface area contributed by atoms with Crippen LogP contribution in [0, 0.1) is 27.2 Å². The van der Waals surface area contributed by atoms with Gasteiger partial charge in [0.25, 0.3) is 11.4 Å². The highest BCUT2D eigenvalue weighted by Gasteiger charge is 2.26. The molecular weight excluding hydrogens is 344 g/mol. The second-order valence-corrected chi connectivity index (χ2v) is 6.06. The standard InChI is InChI=1S/C15H18N6O5/c1-11-13(17-26-16-11)4-5-18-6-8-19(9-7-18)14-3-2-12(20(22)23)10-15(14)21(24)25/h2-3,10H,4-9H2,1H3. The molecule has 1 aliphatic rings. The largest absolute Gasteiger partial charge is 0.363 e. The zero-order valence-corrected chi connectivity index (χ0v) is 14.2. The molecule has 1 aliphatic heterocycles. The number of rotatable bonds is 6. The Morgan fingerprint density at radius 3 is 2.42 bits per heavy atom. The maximum absolute atomic E-state index is 11.3. The number of benzene rings is 1. The van der Waals surface area contributed by atoms with Crippen LogP contribution in [0.5, 0.6) is 0 Å². The molecule has 3 rings (SSSR count). The molecule has 0 bridgehead atoms. The van der Waals surface area contributed by atoms with Gasteiger partial charge in [0.2, 0.25) is 0 Å². The number of nitro groups is 2. The summed E-state index contributed by atoms with van der Waals surface area (Å²) in [6.45, 7) is 5.32. The maximum atomic E-state index is 11.3. The summed E-state index contributed by atoms with van der Waals surface area (Å²) in [6, 6.07) is 3.77. The number of anilines is 1. The fraction of sp³-hybridized carbons (Fsp3) is 0.467. The van der Waals surface area contributed by atoms with Crippen LogP contribution >= 0.6 is 0 Å². The van der Waals surface area contributed by atoms with Crippen molar-refractivity contribution in [2.75, 3.05) is 37.6 Å². The van der Waals surface area contributed by atoms with Crippen molar-refractivity contribution in [2.45, 2.75) is 13.3 Å². The van der Waals surface area contributed by atoms with Gasteiger partial charge in [-0.3, -0.25) is 25.1 Å². The summed E-state index contributed by atoms with van der Waals surface area (Å²) in [7, 11) is 0. The van der Waals surface area contributed by atoms with E-state index in [0.717, 1.165) is 43.5 Å². The lowest BCUT2D eigenvalue weighted by molar-refractivity contribution is -0.393. The Bertz CT molecular complexity index is 815. The molecule has 0 unspecified atom stereocenters. The van der Waals surface area contributed by atoms with Crippen LogP contribution in [0.3, 0.4) is 0 Å². The van der Waals surface area contributed by atoms with Crippen LogP contribution < -0.4 is 4.90 Å². The molecule has 1 fully saturated rings. The van der Waals surface area contributed by atoms with E-state index >= 15 is 0 Å². The van der Waals surface area contributed by atoms with Crippen molar-refractivity contribution in [3.05, 3.63) is 49.8 Å². The highest BCUT2D eigenvalue weighted by molar-refractivity contribution is 5.67. The summed E-state index contributed by atoms with van der Waals surface area (Å²) in [6.07, 6.45) is 0.729. The molecule has 1 aromatic carbocycles. The normalized spacial score (nSPS) is 15.2. The van der Waals surface area contributed by atoms with E-state index in [1.165, 1.54) is 12.1 Å². The van der Waals surface area contributed by atoms with Gasteiger partial charge in [-0.05, 0) is 13.0 Å². The summed E-state index contributed by atoms with van der Waals surface area (Å²) < 4.78 is 4.68. The van der Waals surface area contributed by atoms with Crippen LogP contribution in [-0.4, -0.2) is 57.8 Å². The molecule has 0 N–H and O–H groups in total.